The molecule has 0 aliphatic carbocycles. The summed E-state index contributed by atoms with van der Waals surface area (Å²) in [6.45, 7) is 5.66. The van der Waals surface area contributed by atoms with Crippen LogP contribution < -0.4 is 0 Å². The molecule has 1 aromatic carbocycles. The molecule has 1 rings (SSSR count). The first-order valence-corrected chi connectivity index (χ1v) is 6.40. The zero-order valence-corrected chi connectivity index (χ0v) is 11.8. The van der Waals surface area contributed by atoms with Gasteiger partial charge in [0.15, 0.2) is 0 Å². The van der Waals surface area contributed by atoms with Gasteiger partial charge in [-0.2, -0.15) is 5.26 Å². The molecule has 102 valence electrons. The molecule has 4 nitrogen and oxygen atoms in total. The van der Waals surface area contributed by atoms with E-state index >= 15 is 0 Å². The maximum atomic E-state index is 11.3. The summed E-state index contributed by atoms with van der Waals surface area (Å²) in [5, 5.41) is 8.82. The monoisotopic (exact) mass is 260 g/mol. The second kappa shape index (κ2) is 7.55. The lowest BCUT2D eigenvalue weighted by Crippen LogP contribution is -2.22. The number of hydrogen-bond acceptors (Lipinski definition) is 4. The third kappa shape index (κ3) is 5.11. The number of esters is 1. The molecule has 0 heterocycles. The minimum absolute atomic E-state index is 0.161. The van der Waals surface area contributed by atoms with Crippen LogP contribution in [-0.4, -0.2) is 31.1 Å². The van der Waals surface area contributed by atoms with Crippen molar-refractivity contribution in [2.24, 2.45) is 0 Å². The van der Waals surface area contributed by atoms with Gasteiger partial charge in [0.05, 0.1) is 24.7 Å². The molecule has 1 aromatic rings. The number of nitriles is 1. The van der Waals surface area contributed by atoms with Gasteiger partial charge in [0.25, 0.3) is 0 Å². The second-order valence-corrected chi connectivity index (χ2v) is 4.55. The molecule has 0 spiro atoms. The lowest BCUT2D eigenvalue weighted by Gasteiger charge is -2.17. The van der Waals surface area contributed by atoms with Gasteiger partial charge in [0.1, 0.15) is 0 Å². The summed E-state index contributed by atoms with van der Waals surface area (Å²) >= 11 is 0. The van der Waals surface area contributed by atoms with Gasteiger partial charge in [-0.3, -0.25) is 4.79 Å². The van der Waals surface area contributed by atoms with Crippen LogP contribution in [0.5, 0.6) is 0 Å². The number of ether oxygens (including phenoxy) is 1. The molecule has 0 aliphatic rings. The molecule has 0 aliphatic heterocycles. The van der Waals surface area contributed by atoms with Crippen LogP contribution in [0.1, 0.15) is 30.0 Å². The van der Waals surface area contributed by atoms with Crippen molar-refractivity contribution in [2.45, 2.75) is 26.8 Å². The van der Waals surface area contributed by atoms with Crippen molar-refractivity contribution < 1.29 is 9.53 Å². The topological polar surface area (TPSA) is 53.3 Å². The number of nitrogens with zero attached hydrogens (tertiary/aromatic N) is 2. The van der Waals surface area contributed by atoms with Crippen molar-refractivity contribution >= 4 is 5.97 Å². The van der Waals surface area contributed by atoms with Crippen molar-refractivity contribution in [2.75, 3.05) is 20.2 Å². The quantitative estimate of drug-likeness (QED) is 0.736. The van der Waals surface area contributed by atoms with Gasteiger partial charge in [-0.15, -0.1) is 0 Å². The first-order valence-electron chi connectivity index (χ1n) is 6.40. The highest BCUT2D eigenvalue weighted by atomic mass is 16.5. The number of hydrogen-bond donors (Lipinski definition) is 0. The molecule has 0 bridgehead atoms. The average molecular weight is 260 g/mol. The van der Waals surface area contributed by atoms with Crippen LogP contribution in [0.15, 0.2) is 18.2 Å². The third-order valence-electron chi connectivity index (χ3n) is 2.91. The summed E-state index contributed by atoms with van der Waals surface area (Å²) in [6.07, 6.45) is 0.402. The Morgan fingerprint density at radius 3 is 2.79 bits per heavy atom. The van der Waals surface area contributed by atoms with Crippen molar-refractivity contribution in [1.82, 2.24) is 4.90 Å². The summed E-state index contributed by atoms with van der Waals surface area (Å²) in [7, 11) is 1.97. The molecule has 0 amide bonds. The zero-order valence-electron chi connectivity index (χ0n) is 11.8. The standard InChI is InChI=1S/C15H20N2O2/c1-4-19-15(18)7-8-17(3)11-14-6-5-13(10-16)9-12(14)2/h5-6,9H,4,7-8,11H2,1-3H3. The van der Waals surface area contributed by atoms with Crippen LogP contribution in [0.2, 0.25) is 0 Å². The Kier molecular flexibility index (Phi) is 6.04. The zero-order chi connectivity index (χ0) is 14.3. The maximum Gasteiger partial charge on any atom is 0.307 e. The normalized spacial score (nSPS) is 10.3. The van der Waals surface area contributed by atoms with E-state index in [0.717, 1.165) is 12.1 Å². The highest BCUT2D eigenvalue weighted by Crippen LogP contribution is 2.12. The molecule has 0 atom stereocenters. The van der Waals surface area contributed by atoms with E-state index in [9.17, 15) is 4.79 Å². The van der Waals surface area contributed by atoms with Crippen molar-refractivity contribution in [3.8, 4) is 6.07 Å². The summed E-state index contributed by atoms with van der Waals surface area (Å²) < 4.78 is 4.89. The van der Waals surface area contributed by atoms with Gasteiger partial charge in [-0.05, 0) is 44.2 Å². The van der Waals surface area contributed by atoms with E-state index in [2.05, 4.69) is 11.0 Å². The molecule has 0 N–H and O–H groups in total. The molecule has 0 saturated carbocycles. The first kappa shape index (κ1) is 15.2. The molecule has 19 heavy (non-hydrogen) atoms. The largest absolute Gasteiger partial charge is 0.466 e. The van der Waals surface area contributed by atoms with E-state index in [0.29, 0.717) is 25.1 Å². The van der Waals surface area contributed by atoms with Gasteiger partial charge in [-0.1, -0.05) is 6.07 Å². The highest BCUT2D eigenvalue weighted by Gasteiger charge is 2.07. The van der Waals surface area contributed by atoms with Crippen molar-refractivity contribution in [3.63, 3.8) is 0 Å². The minimum Gasteiger partial charge on any atom is -0.466 e. The highest BCUT2D eigenvalue weighted by molar-refractivity contribution is 5.69. The van der Waals surface area contributed by atoms with Crippen LogP contribution in [-0.2, 0) is 16.1 Å². The maximum absolute atomic E-state index is 11.3. The second-order valence-electron chi connectivity index (χ2n) is 4.55. The predicted octanol–water partition coefficient (Wildman–Crippen LogP) is 2.25. The fourth-order valence-electron chi connectivity index (χ4n) is 1.83. The predicted molar refractivity (Wildman–Crippen MR) is 73.5 cm³/mol. The van der Waals surface area contributed by atoms with E-state index in [4.69, 9.17) is 10.00 Å². The summed E-state index contributed by atoms with van der Waals surface area (Å²) in [5.41, 5.74) is 2.95. The Hall–Kier alpha value is -1.86. The Labute approximate surface area is 114 Å². The average Bonchev–Trinajstić information content (AvgIpc) is 2.39. The summed E-state index contributed by atoms with van der Waals surface area (Å²) in [5.74, 6) is -0.161. The molecule has 4 heteroatoms. The minimum atomic E-state index is -0.161. The fraction of sp³-hybridized carbons (Fsp3) is 0.467. The first-order chi connectivity index (χ1) is 9.06. The molecule has 0 unspecified atom stereocenters. The van der Waals surface area contributed by atoms with Gasteiger partial charge in [0, 0.05) is 13.1 Å². The molecule has 0 saturated heterocycles. The Morgan fingerprint density at radius 1 is 1.47 bits per heavy atom. The van der Waals surface area contributed by atoms with E-state index < -0.39 is 0 Å². The third-order valence-corrected chi connectivity index (χ3v) is 2.91. The lowest BCUT2D eigenvalue weighted by atomic mass is 10.1. The van der Waals surface area contributed by atoms with Crippen LogP contribution in [0.25, 0.3) is 0 Å². The van der Waals surface area contributed by atoms with E-state index in [1.165, 1.54) is 5.56 Å². The summed E-state index contributed by atoms with van der Waals surface area (Å²) in [4.78, 5) is 13.3. The van der Waals surface area contributed by atoms with E-state index in [-0.39, 0.29) is 5.97 Å². The van der Waals surface area contributed by atoms with Crippen molar-refractivity contribution in [1.29, 1.82) is 5.26 Å². The van der Waals surface area contributed by atoms with Crippen LogP contribution >= 0.6 is 0 Å². The Balaban J connectivity index is 2.51. The number of benzene rings is 1. The number of aryl methyl sites for hydroxylation is 1. The molecule has 0 aromatic heterocycles. The fourth-order valence-corrected chi connectivity index (χ4v) is 1.83. The van der Waals surface area contributed by atoms with Crippen LogP contribution in [0.3, 0.4) is 0 Å². The van der Waals surface area contributed by atoms with Gasteiger partial charge in [0.2, 0.25) is 0 Å². The number of rotatable bonds is 6. The van der Waals surface area contributed by atoms with E-state index in [1.807, 2.05) is 39.1 Å². The van der Waals surface area contributed by atoms with Gasteiger partial charge in [-0.25, -0.2) is 0 Å². The number of carbonyl (C=O) groups is 1. The Bertz CT molecular complexity index is 478. The SMILES string of the molecule is CCOC(=O)CCN(C)Cc1ccc(C#N)cc1C. The van der Waals surface area contributed by atoms with E-state index in [1.54, 1.807) is 0 Å². The van der Waals surface area contributed by atoms with Crippen LogP contribution in [0.4, 0.5) is 0 Å². The molecule has 0 fully saturated rings. The molecular weight excluding hydrogens is 240 g/mol. The van der Waals surface area contributed by atoms with Crippen molar-refractivity contribution in [3.05, 3.63) is 34.9 Å². The molecule has 0 radical (unpaired) electrons. The smallest absolute Gasteiger partial charge is 0.307 e. The van der Waals surface area contributed by atoms with Gasteiger partial charge >= 0.3 is 5.97 Å². The number of carbonyl (C=O) groups excluding carboxylic acids is 1. The van der Waals surface area contributed by atoms with Crippen LogP contribution in [0, 0.1) is 18.3 Å². The lowest BCUT2D eigenvalue weighted by molar-refractivity contribution is -0.143. The summed E-state index contributed by atoms with van der Waals surface area (Å²) in [6, 6.07) is 7.80. The van der Waals surface area contributed by atoms with Gasteiger partial charge < -0.3 is 9.64 Å². The Morgan fingerprint density at radius 2 is 2.21 bits per heavy atom. The molecular formula is C15H20N2O2.